The van der Waals surface area contributed by atoms with Crippen molar-refractivity contribution in [1.82, 2.24) is 0 Å². The molecule has 0 aliphatic carbocycles. The molecule has 9 N–H and O–H groups in total. The number of carbonyl (C=O) groups is 1. The van der Waals surface area contributed by atoms with Gasteiger partial charge in [0, 0.05) is 11.3 Å². The topological polar surface area (TPSA) is 203 Å². The number of guanidine groups is 1. The number of carboxylic acid groups (broad SMARTS) is 1. The molecule has 0 saturated carbocycles. The van der Waals surface area contributed by atoms with Gasteiger partial charge in [-0.1, -0.05) is 36.4 Å². The van der Waals surface area contributed by atoms with E-state index in [-0.39, 0.29) is 22.9 Å². The third kappa shape index (κ3) is 6.52. The van der Waals surface area contributed by atoms with E-state index in [1.54, 1.807) is 6.07 Å². The molecule has 0 aromatic heterocycles. The summed E-state index contributed by atoms with van der Waals surface area (Å²) in [4.78, 5) is 11.9. The Balaban J connectivity index is 0.000000614. The van der Waals surface area contributed by atoms with Gasteiger partial charge in [-0.2, -0.15) is 8.42 Å². The highest BCUT2D eigenvalue weighted by Gasteiger charge is 2.20. The Morgan fingerprint density at radius 2 is 1.58 bits per heavy atom. The number of rotatable bonds is 4. The SMILES string of the molecule is CS(=O)(=O)O.N=C(N)Nc1cc(C(=N)N)c(C(=O)O)c(-c2ccc3ccccc3c2)c1. The van der Waals surface area contributed by atoms with Crippen LogP contribution < -0.4 is 16.8 Å². The molecule has 3 aromatic rings. The standard InChI is InChI=1S/C19H17N5O2.CH4O3S/c20-17(21)15-9-13(24-19(22)23)8-14(16(15)18(25)26)12-6-5-10-3-1-2-4-11(10)7-12;1-5(2,3)4/h1-9H,(H3,20,21)(H,25,26)(H4,22,23,24);1H3,(H,2,3,4). The Morgan fingerprint density at radius 3 is 2.10 bits per heavy atom. The Hall–Kier alpha value is -3.96. The van der Waals surface area contributed by atoms with Crippen molar-refractivity contribution in [1.29, 1.82) is 10.8 Å². The van der Waals surface area contributed by atoms with Crippen molar-refractivity contribution < 1.29 is 22.9 Å². The lowest BCUT2D eigenvalue weighted by Crippen LogP contribution is -2.22. The van der Waals surface area contributed by atoms with Crippen LogP contribution in [0, 0.1) is 10.8 Å². The molecule has 0 bridgehead atoms. The molecule has 0 fully saturated rings. The summed E-state index contributed by atoms with van der Waals surface area (Å²) in [6.45, 7) is 0. The maximum atomic E-state index is 11.9. The molecule has 31 heavy (non-hydrogen) atoms. The molecule has 0 aliphatic rings. The monoisotopic (exact) mass is 443 g/mol. The van der Waals surface area contributed by atoms with Gasteiger partial charge in [-0.25, -0.2) is 4.79 Å². The number of hydrogen-bond acceptors (Lipinski definition) is 5. The second kappa shape index (κ2) is 9.24. The molecule has 11 heteroatoms. The van der Waals surface area contributed by atoms with E-state index < -0.39 is 16.1 Å². The average molecular weight is 443 g/mol. The highest BCUT2D eigenvalue weighted by Crippen LogP contribution is 2.32. The normalized spacial score (nSPS) is 10.6. The van der Waals surface area contributed by atoms with E-state index in [1.165, 1.54) is 6.07 Å². The third-order valence-electron chi connectivity index (χ3n) is 3.98. The van der Waals surface area contributed by atoms with Gasteiger partial charge in [-0.15, -0.1) is 0 Å². The first-order valence-corrected chi connectivity index (χ1v) is 10.5. The van der Waals surface area contributed by atoms with Gasteiger partial charge < -0.3 is 21.9 Å². The number of carboxylic acids is 1. The minimum atomic E-state index is -3.67. The summed E-state index contributed by atoms with van der Waals surface area (Å²) in [5, 5.41) is 29.4. The van der Waals surface area contributed by atoms with Crippen molar-refractivity contribution in [3.8, 4) is 11.1 Å². The minimum absolute atomic E-state index is 0.0620. The van der Waals surface area contributed by atoms with Crippen LogP contribution in [0.5, 0.6) is 0 Å². The molecule has 0 radical (unpaired) electrons. The number of amidine groups is 1. The van der Waals surface area contributed by atoms with Crippen molar-refractivity contribution in [2.75, 3.05) is 11.6 Å². The van der Waals surface area contributed by atoms with E-state index in [2.05, 4.69) is 5.32 Å². The lowest BCUT2D eigenvalue weighted by molar-refractivity contribution is 0.0697. The third-order valence-corrected chi connectivity index (χ3v) is 3.98. The van der Waals surface area contributed by atoms with E-state index in [4.69, 9.17) is 26.8 Å². The molecule has 0 heterocycles. The first-order chi connectivity index (χ1) is 14.4. The van der Waals surface area contributed by atoms with Crippen LogP contribution in [-0.2, 0) is 10.1 Å². The molecule has 0 amide bonds. The number of anilines is 1. The summed E-state index contributed by atoms with van der Waals surface area (Å²) in [5.41, 5.74) is 12.4. The molecular weight excluding hydrogens is 422 g/mol. The van der Waals surface area contributed by atoms with Crippen LogP contribution in [-0.4, -0.2) is 42.1 Å². The molecule has 0 aliphatic heterocycles. The molecule has 3 rings (SSSR count). The summed E-state index contributed by atoms with van der Waals surface area (Å²) < 4.78 is 25.9. The zero-order chi connectivity index (χ0) is 23.3. The predicted molar refractivity (Wildman–Crippen MR) is 120 cm³/mol. The minimum Gasteiger partial charge on any atom is -0.478 e. The summed E-state index contributed by atoms with van der Waals surface area (Å²) in [7, 11) is -3.67. The van der Waals surface area contributed by atoms with Crippen LogP contribution in [0.3, 0.4) is 0 Å². The number of aromatic carboxylic acids is 1. The molecule has 0 saturated heterocycles. The molecule has 162 valence electrons. The lowest BCUT2D eigenvalue weighted by atomic mass is 9.92. The first-order valence-electron chi connectivity index (χ1n) is 8.65. The molecule has 10 nitrogen and oxygen atoms in total. The van der Waals surface area contributed by atoms with Gasteiger partial charge in [0.05, 0.1) is 11.8 Å². The van der Waals surface area contributed by atoms with Crippen molar-refractivity contribution in [2.24, 2.45) is 11.5 Å². The highest BCUT2D eigenvalue weighted by atomic mass is 32.2. The quantitative estimate of drug-likeness (QED) is 0.180. The van der Waals surface area contributed by atoms with E-state index >= 15 is 0 Å². The average Bonchev–Trinajstić information content (AvgIpc) is 2.64. The van der Waals surface area contributed by atoms with Gasteiger partial charge in [-0.3, -0.25) is 15.4 Å². The van der Waals surface area contributed by atoms with Crippen molar-refractivity contribution in [2.45, 2.75) is 0 Å². The molecule has 3 aromatic carbocycles. The van der Waals surface area contributed by atoms with E-state index in [9.17, 15) is 18.3 Å². The zero-order valence-electron chi connectivity index (χ0n) is 16.4. The Kier molecular flexibility index (Phi) is 6.95. The Morgan fingerprint density at radius 1 is 1.00 bits per heavy atom. The predicted octanol–water partition coefficient (Wildman–Crippen LogP) is 2.30. The fourth-order valence-corrected chi connectivity index (χ4v) is 2.90. The van der Waals surface area contributed by atoms with Crippen LogP contribution >= 0.6 is 0 Å². The summed E-state index contributed by atoms with van der Waals surface area (Å²) in [5.74, 6) is -1.86. The maximum Gasteiger partial charge on any atom is 0.337 e. The first kappa shape index (κ1) is 23.3. The number of nitrogens with one attached hydrogen (secondary N) is 3. The summed E-state index contributed by atoms with van der Waals surface area (Å²) in [6, 6.07) is 16.3. The molecule has 0 spiro atoms. The van der Waals surface area contributed by atoms with Crippen molar-refractivity contribution in [3.05, 3.63) is 65.7 Å². The molecule has 0 atom stereocenters. The van der Waals surface area contributed by atoms with Gasteiger partial charge in [0.25, 0.3) is 10.1 Å². The number of benzene rings is 3. The summed E-state index contributed by atoms with van der Waals surface area (Å²) in [6.07, 6.45) is 0.715. The van der Waals surface area contributed by atoms with Gasteiger partial charge in [-0.05, 0) is 40.1 Å². The van der Waals surface area contributed by atoms with Crippen molar-refractivity contribution in [3.63, 3.8) is 0 Å². The summed E-state index contributed by atoms with van der Waals surface area (Å²) >= 11 is 0. The largest absolute Gasteiger partial charge is 0.478 e. The van der Waals surface area contributed by atoms with Gasteiger partial charge in [0.1, 0.15) is 5.84 Å². The number of nitrogens with two attached hydrogens (primary N) is 2. The van der Waals surface area contributed by atoms with Gasteiger partial charge in [0.15, 0.2) is 5.96 Å². The van der Waals surface area contributed by atoms with Crippen LogP contribution in [0.25, 0.3) is 21.9 Å². The molecular formula is C20H21N5O5S. The van der Waals surface area contributed by atoms with Gasteiger partial charge in [0.2, 0.25) is 0 Å². The van der Waals surface area contributed by atoms with Crippen LogP contribution in [0.1, 0.15) is 15.9 Å². The van der Waals surface area contributed by atoms with Crippen molar-refractivity contribution >= 4 is 44.3 Å². The van der Waals surface area contributed by atoms with Crippen LogP contribution in [0.15, 0.2) is 54.6 Å². The number of fused-ring (bicyclic) bond motifs is 1. The molecule has 0 unspecified atom stereocenters. The van der Waals surface area contributed by atoms with Crippen LogP contribution in [0.4, 0.5) is 5.69 Å². The second-order valence-corrected chi connectivity index (χ2v) is 7.96. The van der Waals surface area contributed by atoms with Gasteiger partial charge >= 0.3 is 5.97 Å². The maximum absolute atomic E-state index is 11.9. The smallest absolute Gasteiger partial charge is 0.337 e. The highest BCUT2D eigenvalue weighted by molar-refractivity contribution is 7.85. The number of nitrogen functional groups attached to an aromatic ring is 1. The van der Waals surface area contributed by atoms with E-state index in [0.29, 0.717) is 23.1 Å². The lowest BCUT2D eigenvalue weighted by Gasteiger charge is -2.15. The second-order valence-electron chi connectivity index (χ2n) is 6.50. The Labute approximate surface area is 178 Å². The van der Waals surface area contributed by atoms with Crippen LogP contribution in [0.2, 0.25) is 0 Å². The Bertz CT molecular complexity index is 1280. The fourth-order valence-electron chi connectivity index (χ4n) is 2.90. The fraction of sp³-hybridized carbons (Fsp3) is 0.0500. The van der Waals surface area contributed by atoms with E-state index in [0.717, 1.165) is 10.8 Å². The number of hydrogen-bond donors (Lipinski definition) is 7. The zero-order valence-corrected chi connectivity index (χ0v) is 17.2. The van der Waals surface area contributed by atoms with E-state index in [1.807, 2.05) is 42.5 Å².